The number of halogens is 1. The van der Waals surface area contributed by atoms with Gasteiger partial charge in [0.1, 0.15) is 17.9 Å². The summed E-state index contributed by atoms with van der Waals surface area (Å²) in [5.74, 6) is -1.44. The minimum absolute atomic E-state index is 0.125. The molecule has 174 valence electrons. The van der Waals surface area contributed by atoms with E-state index in [0.29, 0.717) is 38.8 Å². The number of allylic oxidation sites excluding steroid dienone is 1. The summed E-state index contributed by atoms with van der Waals surface area (Å²) < 4.78 is 0. The third-order valence-electron chi connectivity index (χ3n) is 6.39. The number of carbonyl (C=O) groups excluding carboxylic acids is 2. The Morgan fingerprint density at radius 3 is 2.62 bits per heavy atom. The van der Waals surface area contributed by atoms with Crippen LogP contribution in [0.15, 0.2) is 42.6 Å². The number of benzene rings is 1. The highest BCUT2D eigenvalue weighted by atomic mass is 35.5. The van der Waals surface area contributed by atoms with Crippen LogP contribution in [0, 0.1) is 17.8 Å². The number of amides is 2. The van der Waals surface area contributed by atoms with Crippen LogP contribution in [0.2, 0.25) is 5.02 Å². The number of nitrogens with two attached hydrogens (primary N) is 1. The van der Waals surface area contributed by atoms with Crippen LogP contribution < -0.4 is 16.4 Å². The average Bonchev–Trinajstić information content (AvgIpc) is 3.54. The van der Waals surface area contributed by atoms with Gasteiger partial charge in [-0.2, -0.15) is 0 Å². The summed E-state index contributed by atoms with van der Waals surface area (Å²) in [7, 11) is 0. The number of nitrogens with one attached hydrogen (secondary N) is 3. The molecule has 1 fully saturated rings. The van der Waals surface area contributed by atoms with E-state index in [0.717, 1.165) is 6.42 Å². The Balaban J connectivity index is 1.43. The molecule has 2 bridgehead atoms. The molecule has 0 radical (unpaired) electrons. The topological polar surface area (TPSA) is 163 Å². The molecule has 6 N–H and O–H groups in total. The molecule has 11 heteroatoms. The van der Waals surface area contributed by atoms with Gasteiger partial charge in [-0.1, -0.05) is 35.9 Å². The maximum absolute atomic E-state index is 12.1. The Morgan fingerprint density at radius 1 is 1.18 bits per heavy atom. The second-order valence-corrected chi connectivity index (χ2v) is 8.87. The summed E-state index contributed by atoms with van der Waals surface area (Å²) in [5.41, 5.74) is 8.36. The van der Waals surface area contributed by atoms with Crippen LogP contribution in [0.25, 0.3) is 22.6 Å². The quantitative estimate of drug-likeness (QED) is 0.323. The fourth-order valence-corrected chi connectivity index (χ4v) is 5.02. The van der Waals surface area contributed by atoms with Crippen LogP contribution in [-0.2, 0) is 9.59 Å². The largest absolute Gasteiger partial charge is 0.480 e. The zero-order valence-corrected chi connectivity index (χ0v) is 18.5. The fraction of sp³-hybridized carbons (Fsp3) is 0.261. The second-order valence-electron chi connectivity index (χ2n) is 8.47. The number of carboxylic acids is 1. The van der Waals surface area contributed by atoms with Crippen molar-refractivity contribution < 1.29 is 19.5 Å². The van der Waals surface area contributed by atoms with Gasteiger partial charge in [-0.05, 0) is 30.4 Å². The molecule has 2 amide bonds. The summed E-state index contributed by atoms with van der Waals surface area (Å²) in [6, 6.07) is 6.39. The van der Waals surface area contributed by atoms with Crippen molar-refractivity contribution >= 4 is 46.2 Å². The van der Waals surface area contributed by atoms with Crippen molar-refractivity contribution in [2.75, 3.05) is 11.9 Å². The van der Waals surface area contributed by atoms with Gasteiger partial charge < -0.3 is 26.5 Å². The number of anilines is 1. The van der Waals surface area contributed by atoms with Crippen molar-refractivity contribution in [3.63, 3.8) is 0 Å². The normalized spacial score (nSPS) is 22.7. The standard InChI is InChI=1S/C23H21ClN6O4/c24-14-8-26-22-19(18(14)28-17-13-6-5-12(7-13)16(17)20(25)33)29-21(30-22)10-1-3-11(4-2-10)23(34)27-9-15(31)32/h1-6,8,12-13,16-17H,7,9H2,(H2,25,33)(H,27,34)(H,31,32)(H2,26,28,29,30). The van der Waals surface area contributed by atoms with Gasteiger partial charge in [-0.25, -0.2) is 9.97 Å². The number of fused-ring (bicyclic) bond motifs is 3. The van der Waals surface area contributed by atoms with E-state index in [4.69, 9.17) is 22.4 Å². The van der Waals surface area contributed by atoms with Crippen molar-refractivity contribution in [1.82, 2.24) is 20.3 Å². The second kappa shape index (κ2) is 8.45. The van der Waals surface area contributed by atoms with Crippen LogP contribution in [0.3, 0.4) is 0 Å². The van der Waals surface area contributed by atoms with E-state index in [1.807, 2.05) is 0 Å². The number of carbonyl (C=O) groups is 3. The van der Waals surface area contributed by atoms with Crippen molar-refractivity contribution in [3.05, 3.63) is 53.2 Å². The van der Waals surface area contributed by atoms with Gasteiger partial charge in [-0.3, -0.25) is 14.4 Å². The summed E-state index contributed by atoms with van der Waals surface area (Å²) >= 11 is 6.48. The molecule has 4 atom stereocenters. The van der Waals surface area contributed by atoms with Crippen LogP contribution in [0.4, 0.5) is 5.69 Å². The van der Waals surface area contributed by atoms with E-state index in [9.17, 15) is 14.4 Å². The van der Waals surface area contributed by atoms with Crippen molar-refractivity contribution in [2.45, 2.75) is 12.5 Å². The number of hydrogen-bond donors (Lipinski definition) is 5. The monoisotopic (exact) mass is 480 g/mol. The minimum Gasteiger partial charge on any atom is -0.480 e. The molecule has 1 aromatic carbocycles. The minimum atomic E-state index is -1.12. The zero-order chi connectivity index (χ0) is 24.0. The number of H-pyrrole nitrogens is 1. The molecule has 5 rings (SSSR count). The smallest absolute Gasteiger partial charge is 0.322 e. The Kier molecular flexibility index (Phi) is 5.45. The summed E-state index contributed by atoms with van der Waals surface area (Å²) in [6.07, 6.45) is 6.55. The van der Waals surface area contributed by atoms with Gasteiger partial charge in [-0.15, -0.1) is 0 Å². The number of carboxylic acid groups (broad SMARTS) is 1. The van der Waals surface area contributed by atoms with Gasteiger partial charge in [0.2, 0.25) is 5.91 Å². The molecule has 34 heavy (non-hydrogen) atoms. The molecule has 0 saturated heterocycles. The van der Waals surface area contributed by atoms with E-state index < -0.39 is 18.4 Å². The van der Waals surface area contributed by atoms with Crippen molar-refractivity contribution in [2.24, 2.45) is 23.5 Å². The third-order valence-corrected chi connectivity index (χ3v) is 6.68. The van der Waals surface area contributed by atoms with Crippen LogP contribution in [0.1, 0.15) is 16.8 Å². The van der Waals surface area contributed by atoms with E-state index in [2.05, 4.69) is 37.7 Å². The lowest BCUT2D eigenvalue weighted by Gasteiger charge is -2.28. The molecule has 3 aromatic rings. The Hall–Kier alpha value is -3.92. The highest BCUT2D eigenvalue weighted by Gasteiger charge is 2.47. The van der Waals surface area contributed by atoms with Gasteiger partial charge in [0, 0.05) is 17.2 Å². The number of rotatable bonds is 7. The number of primary amides is 1. The van der Waals surface area contributed by atoms with Gasteiger partial charge >= 0.3 is 5.97 Å². The summed E-state index contributed by atoms with van der Waals surface area (Å²) in [4.78, 5) is 46.9. The Morgan fingerprint density at radius 2 is 1.91 bits per heavy atom. The van der Waals surface area contributed by atoms with E-state index in [-0.39, 0.29) is 29.7 Å². The highest BCUT2D eigenvalue weighted by Crippen LogP contribution is 2.46. The predicted octanol–water partition coefficient (Wildman–Crippen LogP) is 2.18. The van der Waals surface area contributed by atoms with Crippen molar-refractivity contribution in [1.29, 1.82) is 0 Å². The van der Waals surface area contributed by atoms with E-state index in [1.54, 1.807) is 24.3 Å². The van der Waals surface area contributed by atoms with E-state index in [1.165, 1.54) is 6.20 Å². The molecule has 2 aromatic heterocycles. The van der Waals surface area contributed by atoms with Gasteiger partial charge in [0.25, 0.3) is 5.91 Å². The number of nitrogens with zero attached hydrogens (tertiary/aromatic N) is 2. The maximum atomic E-state index is 12.1. The first-order valence-corrected chi connectivity index (χ1v) is 11.1. The first kappa shape index (κ1) is 21.9. The fourth-order valence-electron chi connectivity index (χ4n) is 4.82. The average molecular weight is 481 g/mol. The molecular formula is C23H21ClN6O4. The number of pyridine rings is 1. The SMILES string of the molecule is NC(=O)C1C2C=CC(C2)C1Nc1c(Cl)cnc2nc(-c3ccc(C(=O)NCC(=O)O)cc3)[nH]c12. The number of aromatic nitrogens is 3. The highest BCUT2D eigenvalue weighted by molar-refractivity contribution is 6.34. The first-order chi connectivity index (χ1) is 16.3. The number of aromatic amines is 1. The lowest BCUT2D eigenvalue weighted by Crippen LogP contribution is -2.41. The Labute approximate surface area is 198 Å². The summed E-state index contributed by atoms with van der Waals surface area (Å²) in [6.45, 7) is -0.457. The van der Waals surface area contributed by atoms with Crippen LogP contribution in [0.5, 0.6) is 0 Å². The first-order valence-electron chi connectivity index (χ1n) is 10.7. The molecular weight excluding hydrogens is 460 g/mol. The molecule has 0 aliphatic heterocycles. The van der Waals surface area contributed by atoms with E-state index >= 15 is 0 Å². The Bertz CT molecular complexity index is 1340. The molecule has 2 aliphatic carbocycles. The van der Waals surface area contributed by atoms with Gasteiger partial charge in [0.15, 0.2) is 5.65 Å². The van der Waals surface area contributed by atoms with Gasteiger partial charge in [0.05, 0.1) is 22.8 Å². The maximum Gasteiger partial charge on any atom is 0.322 e. The molecule has 1 saturated carbocycles. The molecule has 2 aliphatic rings. The number of hydrogen-bond acceptors (Lipinski definition) is 6. The lowest BCUT2D eigenvalue weighted by atomic mass is 9.88. The third kappa shape index (κ3) is 3.86. The molecule has 10 nitrogen and oxygen atoms in total. The predicted molar refractivity (Wildman–Crippen MR) is 125 cm³/mol. The van der Waals surface area contributed by atoms with Crippen LogP contribution >= 0.6 is 11.6 Å². The van der Waals surface area contributed by atoms with Crippen LogP contribution in [-0.4, -0.2) is 50.4 Å². The molecule has 4 unspecified atom stereocenters. The number of imidazole rings is 1. The summed E-state index contributed by atoms with van der Waals surface area (Å²) in [5, 5.41) is 14.8. The zero-order valence-electron chi connectivity index (χ0n) is 17.8. The molecule has 2 heterocycles. The lowest BCUT2D eigenvalue weighted by molar-refractivity contribution is -0.135. The van der Waals surface area contributed by atoms with Crippen molar-refractivity contribution in [3.8, 4) is 11.4 Å². The number of aliphatic carboxylic acids is 1. The molecule has 0 spiro atoms.